The van der Waals surface area contributed by atoms with Crippen LogP contribution >= 0.6 is 0 Å². The third kappa shape index (κ3) is 7.09. The van der Waals surface area contributed by atoms with Crippen LogP contribution in [0, 0.1) is 5.82 Å². The predicted octanol–water partition coefficient (Wildman–Crippen LogP) is 3.98. The smallest absolute Gasteiger partial charge is 0.264 e. The van der Waals surface area contributed by atoms with E-state index < -0.39 is 34.3 Å². The number of sulfonamides is 1. The minimum absolute atomic E-state index is 0.0789. The van der Waals surface area contributed by atoms with E-state index in [0.717, 1.165) is 22.0 Å². The second kappa shape index (κ2) is 13.8. The summed E-state index contributed by atoms with van der Waals surface area (Å²) in [7, 11) is -1.56. The Labute approximate surface area is 234 Å². The summed E-state index contributed by atoms with van der Waals surface area (Å²) in [6, 6.07) is 17.1. The van der Waals surface area contributed by atoms with Gasteiger partial charge in [-0.3, -0.25) is 13.9 Å². The molecule has 3 aromatic carbocycles. The minimum atomic E-state index is -4.36. The summed E-state index contributed by atoms with van der Waals surface area (Å²) in [5.41, 5.74) is 0.852. The highest BCUT2D eigenvalue weighted by atomic mass is 32.2. The monoisotopic (exact) mass is 571 g/mol. The molecule has 1 atom stereocenters. The van der Waals surface area contributed by atoms with Gasteiger partial charge in [0, 0.05) is 19.2 Å². The van der Waals surface area contributed by atoms with Crippen LogP contribution in [0.15, 0.2) is 77.7 Å². The maximum Gasteiger partial charge on any atom is 0.264 e. The molecule has 0 unspecified atom stereocenters. The Morgan fingerprint density at radius 2 is 1.57 bits per heavy atom. The summed E-state index contributed by atoms with van der Waals surface area (Å²) < 4.78 is 53.1. The highest BCUT2D eigenvalue weighted by Crippen LogP contribution is 2.32. The molecule has 40 heavy (non-hydrogen) atoms. The average molecular weight is 572 g/mol. The van der Waals surface area contributed by atoms with Gasteiger partial charge in [0.2, 0.25) is 11.8 Å². The van der Waals surface area contributed by atoms with E-state index in [2.05, 4.69) is 5.32 Å². The Kier molecular flexibility index (Phi) is 10.5. The van der Waals surface area contributed by atoms with Gasteiger partial charge in [0.15, 0.2) is 11.5 Å². The van der Waals surface area contributed by atoms with Gasteiger partial charge in [-0.25, -0.2) is 12.8 Å². The van der Waals surface area contributed by atoms with E-state index in [4.69, 9.17) is 9.47 Å². The predicted molar refractivity (Wildman–Crippen MR) is 150 cm³/mol. The van der Waals surface area contributed by atoms with Crippen LogP contribution in [0.3, 0.4) is 0 Å². The fourth-order valence-corrected chi connectivity index (χ4v) is 5.66. The molecule has 0 bridgehead atoms. The van der Waals surface area contributed by atoms with E-state index in [-0.39, 0.29) is 28.8 Å². The molecule has 0 fully saturated rings. The maximum atomic E-state index is 14.0. The molecule has 9 nitrogen and oxygen atoms in total. The van der Waals surface area contributed by atoms with Crippen LogP contribution in [0.25, 0.3) is 0 Å². The third-order valence-electron chi connectivity index (χ3n) is 6.27. The number of hydrogen-bond donors (Lipinski definition) is 1. The number of rotatable bonds is 13. The van der Waals surface area contributed by atoms with Crippen LogP contribution in [-0.2, 0) is 26.2 Å². The Hall–Kier alpha value is -4.12. The van der Waals surface area contributed by atoms with Crippen molar-refractivity contribution in [1.29, 1.82) is 0 Å². The maximum absolute atomic E-state index is 14.0. The van der Waals surface area contributed by atoms with Crippen molar-refractivity contribution in [2.45, 2.75) is 37.8 Å². The Morgan fingerprint density at radius 3 is 2.15 bits per heavy atom. The first-order valence-corrected chi connectivity index (χ1v) is 14.2. The quantitative estimate of drug-likeness (QED) is 0.333. The molecule has 0 heterocycles. The molecule has 2 amide bonds. The molecule has 0 radical (unpaired) electrons. The molecule has 0 aromatic heterocycles. The van der Waals surface area contributed by atoms with E-state index >= 15 is 0 Å². The van der Waals surface area contributed by atoms with Crippen LogP contribution in [0.5, 0.6) is 11.5 Å². The zero-order chi connectivity index (χ0) is 29.3. The number of nitrogens with zero attached hydrogens (tertiary/aromatic N) is 2. The summed E-state index contributed by atoms with van der Waals surface area (Å²) in [5, 5.41) is 2.76. The molecule has 3 rings (SSSR count). The normalized spacial score (nSPS) is 11.8. The summed E-state index contributed by atoms with van der Waals surface area (Å²) in [6.07, 6.45) is 0.309. The number of amides is 2. The van der Waals surface area contributed by atoms with Gasteiger partial charge >= 0.3 is 0 Å². The van der Waals surface area contributed by atoms with Crippen molar-refractivity contribution in [3.05, 3.63) is 84.2 Å². The highest BCUT2D eigenvalue weighted by molar-refractivity contribution is 7.92. The van der Waals surface area contributed by atoms with Gasteiger partial charge in [0.25, 0.3) is 10.0 Å². The van der Waals surface area contributed by atoms with Gasteiger partial charge in [0.05, 0.1) is 24.8 Å². The number of hydrogen-bond acceptors (Lipinski definition) is 6. The van der Waals surface area contributed by atoms with Crippen molar-refractivity contribution in [3.8, 4) is 11.5 Å². The summed E-state index contributed by atoms with van der Waals surface area (Å²) in [5.74, 6) is -0.998. The molecular formula is C29H34FN3O6S. The molecule has 3 aromatic rings. The molecule has 0 spiro atoms. The summed E-state index contributed by atoms with van der Waals surface area (Å²) >= 11 is 0. The number of nitrogens with one attached hydrogen (secondary N) is 1. The standard InChI is InChI=1S/C29H34FN3O6S/c1-5-25(29(35)31-6-2)32(19-21-10-8-7-9-11-21)28(34)20-33(23-14-12-22(30)13-15-23)40(36,37)24-16-17-26(38-3)27(18-24)39-4/h7-18,25H,5-6,19-20H2,1-4H3,(H,31,35)/t25-/m0/s1. The van der Waals surface area contributed by atoms with Crippen LogP contribution < -0.4 is 19.1 Å². The molecule has 0 aliphatic rings. The SMILES string of the molecule is CCNC(=O)[C@H](CC)N(Cc1ccccc1)C(=O)CN(c1ccc(F)cc1)S(=O)(=O)c1ccc(OC)c(OC)c1. The summed E-state index contributed by atoms with van der Waals surface area (Å²) in [6.45, 7) is 3.38. The van der Waals surface area contributed by atoms with Crippen molar-refractivity contribution in [2.75, 3.05) is 31.6 Å². The first-order valence-electron chi connectivity index (χ1n) is 12.8. The largest absolute Gasteiger partial charge is 0.493 e. The van der Waals surface area contributed by atoms with Gasteiger partial charge in [-0.15, -0.1) is 0 Å². The molecule has 214 valence electrons. The first-order chi connectivity index (χ1) is 19.2. The Balaban J connectivity index is 2.08. The van der Waals surface area contributed by atoms with Crippen LogP contribution in [-0.4, -0.2) is 58.5 Å². The number of carbonyl (C=O) groups excluding carboxylic acids is 2. The second-order valence-electron chi connectivity index (χ2n) is 8.83. The fourth-order valence-electron chi connectivity index (χ4n) is 4.23. The van der Waals surface area contributed by atoms with Gasteiger partial charge in [-0.2, -0.15) is 0 Å². The highest BCUT2D eigenvalue weighted by Gasteiger charge is 2.34. The lowest BCUT2D eigenvalue weighted by atomic mass is 10.1. The number of benzene rings is 3. The lowest BCUT2D eigenvalue weighted by molar-refractivity contribution is -0.140. The lowest BCUT2D eigenvalue weighted by Gasteiger charge is -2.33. The van der Waals surface area contributed by atoms with Crippen LogP contribution in [0.1, 0.15) is 25.8 Å². The number of carbonyl (C=O) groups is 2. The van der Waals surface area contributed by atoms with Crippen molar-refractivity contribution in [3.63, 3.8) is 0 Å². The van der Waals surface area contributed by atoms with Gasteiger partial charge < -0.3 is 19.7 Å². The summed E-state index contributed by atoms with van der Waals surface area (Å²) in [4.78, 5) is 28.1. The molecule has 0 saturated heterocycles. The van der Waals surface area contributed by atoms with Gasteiger partial charge in [0.1, 0.15) is 18.4 Å². The van der Waals surface area contributed by atoms with Crippen LogP contribution in [0.2, 0.25) is 0 Å². The van der Waals surface area contributed by atoms with E-state index in [1.54, 1.807) is 13.8 Å². The first kappa shape index (κ1) is 30.4. The fraction of sp³-hybridized carbons (Fsp3) is 0.310. The van der Waals surface area contributed by atoms with E-state index in [9.17, 15) is 22.4 Å². The molecular weight excluding hydrogens is 537 g/mol. The number of likely N-dealkylation sites (N-methyl/N-ethyl adjacent to an activating group) is 1. The number of ether oxygens (including phenoxy) is 2. The number of anilines is 1. The Bertz CT molecular complexity index is 1400. The van der Waals surface area contributed by atoms with Gasteiger partial charge in [-0.05, 0) is 55.3 Å². The van der Waals surface area contributed by atoms with Crippen molar-refractivity contribution in [1.82, 2.24) is 10.2 Å². The minimum Gasteiger partial charge on any atom is -0.493 e. The average Bonchev–Trinajstić information content (AvgIpc) is 2.96. The lowest BCUT2D eigenvalue weighted by Crippen LogP contribution is -2.52. The number of halogens is 1. The van der Waals surface area contributed by atoms with E-state index in [1.807, 2.05) is 30.3 Å². The topological polar surface area (TPSA) is 105 Å². The third-order valence-corrected chi connectivity index (χ3v) is 8.04. The zero-order valence-corrected chi connectivity index (χ0v) is 23.8. The molecule has 1 N–H and O–H groups in total. The molecule has 0 saturated carbocycles. The van der Waals surface area contributed by atoms with Crippen molar-refractivity contribution < 1.29 is 31.9 Å². The van der Waals surface area contributed by atoms with Crippen molar-refractivity contribution in [2.24, 2.45) is 0 Å². The molecule has 11 heteroatoms. The zero-order valence-electron chi connectivity index (χ0n) is 23.0. The Morgan fingerprint density at radius 1 is 0.925 bits per heavy atom. The van der Waals surface area contributed by atoms with E-state index in [0.29, 0.717) is 18.7 Å². The van der Waals surface area contributed by atoms with Gasteiger partial charge in [-0.1, -0.05) is 37.3 Å². The van der Waals surface area contributed by atoms with Crippen molar-refractivity contribution >= 4 is 27.5 Å². The molecule has 0 aliphatic carbocycles. The van der Waals surface area contributed by atoms with E-state index in [1.165, 1.54) is 49.5 Å². The number of methoxy groups -OCH3 is 2. The second-order valence-corrected chi connectivity index (χ2v) is 10.7. The van der Waals surface area contributed by atoms with Crippen LogP contribution in [0.4, 0.5) is 10.1 Å². The molecule has 0 aliphatic heterocycles.